The minimum Gasteiger partial charge on any atom is -0.496 e. The molecule has 5 aromatic carbocycles. The van der Waals surface area contributed by atoms with Crippen molar-refractivity contribution in [2.75, 3.05) is 34.5 Å². The zero-order chi connectivity index (χ0) is 36.5. The van der Waals surface area contributed by atoms with Crippen LogP contribution >= 0.6 is 15.9 Å². The van der Waals surface area contributed by atoms with Crippen LogP contribution in [0.15, 0.2) is 125 Å². The molecule has 0 aliphatic carbocycles. The third-order valence-corrected chi connectivity index (χ3v) is 9.78. The van der Waals surface area contributed by atoms with E-state index in [9.17, 15) is 4.79 Å². The molecule has 0 spiro atoms. The van der Waals surface area contributed by atoms with Gasteiger partial charge in [-0.3, -0.25) is 4.79 Å². The molecule has 0 unspecified atom stereocenters. The van der Waals surface area contributed by atoms with Gasteiger partial charge in [0.15, 0.2) is 11.6 Å². The molecule has 2 atom stereocenters. The van der Waals surface area contributed by atoms with E-state index in [1.165, 1.54) is 0 Å². The van der Waals surface area contributed by atoms with Gasteiger partial charge in [-0.2, -0.15) is 0 Å². The topological polar surface area (TPSA) is 108 Å². The number of aliphatic hydroxyl groups is 1. The zero-order valence-electron chi connectivity index (χ0n) is 29.3. The van der Waals surface area contributed by atoms with Crippen molar-refractivity contribution in [2.45, 2.75) is 31.0 Å². The van der Waals surface area contributed by atoms with Crippen LogP contribution in [-0.2, 0) is 22.5 Å². The fourth-order valence-electron chi connectivity index (χ4n) is 6.27. The molecule has 10 heteroatoms. The molecule has 2 N–H and O–H groups in total. The number of halogens is 1. The first-order valence-corrected chi connectivity index (χ1v) is 17.7. The summed E-state index contributed by atoms with van der Waals surface area (Å²) in [6, 6.07) is 36.9. The van der Waals surface area contributed by atoms with Crippen molar-refractivity contribution >= 4 is 27.7 Å². The summed E-state index contributed by atoms with van der Waals surface area (Å²) in [7, 11) is 4.70. The summed E-state index contributed by atoms with van der Waals surface area (Å²) in [5, 5.41) is 12.3. The van der Waals surface area contributed by atoms with Crippen LogP contribution < -0.4 is 24.3 Å². The lowest BCUT2D eigenvalue weighted by molar-refractivity contribution is -0.129. The second kappa shape index (κ2) is 16.8. The van der Waals surface area contributed by atoms with Crippen molar-refractivity contribution < 1.29 is 33.6 Å². The molecular weight excluding hydrogens is 724 g/mol. The van der Waals surface area contributed by atoms with E-state index < -0.39 is 11.6 Å². The maximum absolute atomic E-state index is 15.0. The molecule has 1 aliphatic heterocycles. The van der Waals surface area contributed by atoms with Gasteiger partial charge in [0.1, 0.15) is 23.0 Å². The Kier molecular flexibility index (Phi) is 11.8. The first-order chi connectivity index (χ1) is 25.4. The Balaban J connectivity index is 1.44. The van der Waals surface area contributed by atoms with Gasteiger partial charge in [-0.05, 0) is 52.6 Å². The monoisotopic (exact) mass is 764 g/mol. The Bertz CT molecular complexity index is 1980. The molecule has 0 bridgehead atoms. The largest absolute Gasteiger partial charge is 0.496 e. The van der Waals surface area contributed by atoms with Crippen LogP contribution in [0.25, 0.3) is 11.1 Å². The Morgan fingerprint density at radius 2 is 1.44 bits per heavy atom. The number of hydrogen-bond donors (Lipinski definition) is 2. The molecule has 5 aromatic rings. The van der Waals surface area contributed by atoms with Crippen LogP contribution in [0.3, 0.4) is 0 Å². The number of aliphatic imine (C=N–C) groups is 1. The Labute approximate surface area is 312 Å². The first-order valence-electron chi connectivity index (χ1n) is 17.0. The first kappa shape index (κ1) is 36.5. The second-order valence-corrected chi connectivity index (χ2v) is 13.1. The average Bonchev–Trinajstić information content (AvgIpc) is 3.58. The van der Waals surface area contributed by atoms with E-state index in [0.29, 0.717) is 53.1 Å². The van der Waals surface area contributed by atoms with E-state index in [1.54, 1.807) is 33.5 Å². The minimum absolute atomic E-state index is 0.0517. The van der Waals surface area contributed by atoms with E-state index in [2.05, 4.69) is 33.4 Å². The number of nitrogens with one attached hydrogen (secondary N) is 1. The molecular formula is C42H41BrN2O7. The van der Waals surface area contributed by atoms with Crippen molar-refractivity contribution in [3.63, 3.8) is 0 Å². The van der Waals surface area contributed by atoms with E-state index in [4.69, 9.17) is 33.8 Å². The molecule has 0 radical (unpaired) electrons. The van der Waals surface area contributed by atoms with Gasteiger partial charge in [0.2, 0.25) is 5.90 Å². The molecule has 1 heterocycles. The molecule has 268 valence electrons. The highest BCUT2D eigenvalue weighted by Crippen LogP contribution is 2.44. The van der Waals surface area contributed by atoms with Crippen molar-refractivity contribution in [3.05, 3.63) is 142 Å². The molecule has 0 saturated heterocycles. The summed E-state index contributed by atoms with van der Waals surface area (Å²) in [4.78, 5) is 20.2. The van der Waals surface area contributed by atoms with Crippen molar-refractivity contribution in [3.8, 4) is 34.1 Å². The number of ether oxygens (including phenoxy) is 5. The van der Waals surface area contributed by atoms with Gasteiger partial charge in [0, 0.05) is 41.6 Å². The van der Waals surface area contributed by atoms with E-state index >= 15 is 0 Å². The second-order valence-electron chi connectivity index (χ2n) is 12.2. The number of aliphatic hydroxyl groups excluding tert-OH is 1. The molecule has 6 rings (SSSR count). The van der Waals surface area contributed by atoms with Crippen LogP contribution in [0, 0.1) is 0 Å². The Hall–Kier alpha value is -5.32. The summed E-state index contributed by atoms with van der Waals surface area (Å²) in [6.45, 7) is 0.542. The maximum Gasteiger partial charge on any atom is 0.252 e. The van der Waals surface area contributed by atoms with E-state index in [-0.39, 0.29) is 25.5 Å². The van der Waals surface area contributed by atoms with Crippen molar-refractivity contribution in [1.82, 2.24) is 5.32 Å². The summed E-state index contributed by atoms with van der Waals surface area (Å²) >= 11 is 3.71. The Morgan fingerprint density at radius 3 is 2.08 bits per heavy atom. The highest BCUT2D eigenvalue weighted by Gasteiger charge is 2.53. The summed E-state index contributed by atoms with van der Waals surface area (Å²) in [6.07, 6.45) is -0.0308. The van der Waals surface area contributed by atoms with Crippen molar-refractivity contribution in [2.24, 2.45) is 4.99 Å². The van der Waals surface area contributed by atoms with Crippen LogP contribution in [0.4, 0.5) is 0 Å². The molecule has 0 aromatic heterocycles. The molecule has 1 aliphatic rings. The van der Waals surface area contributed by atoms with Crippen LogP contribution in [0.1, 0.15) is 34.8 Å². The van der Waals surface area contributed by atoms with Gasteiger partial charge >= 0.3 is 0 Å². The predicted molar refractivity (Wildman–Crippen MR) is 204 cm³/mol. The van der Waals surface area contributed by atoms with Gasteiger partial charge in [-0.15, -0.1) is 0 Å². The van der Waals surface area contributed by atoms with Crippen LogP contribution in [0.2, 0.25) is 0 Å². The smallest absolute Gasteiger partial charge is 0.252 e. The normalized spacial score (nSPS) is 16.4. The number of nitrogens with zero attached hydrogens (tertiary/aromatic N) is 1. The fraction of sp³-hybridized carbons (Fsp3) is 0.238. The molecule has 1 amide bonds. The third kappa shape index (κ3) is 7.93. The lowest BCUT2D eigenvalue weighted by atomic mass is 9.81. The third-order valence-electron chi connectivity index (χ3n) is 9.01. The lowest BCUT2D eigenvalue weighted by Crippen LogP contribution is -2.49. The molecule has 0 fully saturated rings. The molecule has 52 heavy (non-hydrogen) atoms. The number of carbonyl (C=O) groups is 1. The number of methoxy groups -OCH3 is 3. The summed E-state index contributed by atoms with van der Waals surface area (Å²) in [5.74, 6) is 2.25. The highest BCUT2D eigenvalue weighted by molar-refractivity contribution is 9.10. The van der Waals surface area contributed by atoms with E-state index in [1.807, 2.05) is 91.0 Å². The maximum atomic E-state index is 15.0. The predicted octanol–water partition coefficient (Wildman–Crippen LogP) is 7.72. The van der Waals surface area contributed by atoms with Gasteiger partial charge in [-0.25, -0.2) is 4.99 Å². The number of benzene rings is 5. The van der Waals surface area contributed by atoms with Gasteiger partial charge < -0.3 is 34.1 Å². The van der Waals surface area contributed by atoms with Crippen molar-refractivity contribution in [1.29, 1.82) is 0 Å². The van der Waals surface area contributed by atoms with Gasteiger partial charge in [0.25, 0.3) is 5.91 Å². The van der Waals surface area contributed by atoms with Gasteiger partial charge in [0.05, 0.1) is 40.0 Å². The number of amides is 1. The minimum atomic E-state index is -1.43. The quantitative estimate of drug-likeness (QED) is 0.105. The lowest BCUT2D eigenvalue weighted by Gasteiger charge is -2.31. The average molecular weight is 766 g/mol. The van der Waals surface area contributed by atoms with Gasteiger partial charge in [-0.1, -0.05) is 88.7 Å². The number of hydrogen-bond acceptors (Lipinski definition) is 8. The van der Waals surface area contributed by atoms with Crippen LogP contribution in [-0.4, -0.2) is 57.0 Å². The van der Waals surface area contributed by atoms with E-state index in [0.717, 1.165) is 26.7 Å². The van der Waals surface area contributed by atoms with Crippen LogP contribution in [0.5, 0.6) is 23.0 Å². The molecule has 0 saturated carbocycles. The zero-order valence-corrected chi connectivity index (χ0v) is 30.9. The molecule has 9 nitrogen and oxygen atoms in total. The number of carbonyl (C=O) groups excluding carboxylic acids is 1. The highest BCUT2D eigenvalue weighted by atomic mass is 79.9. The standard InChI is InChI=1S/C42H41BrN2O7/c1-48-34-24-37(49-2)35(38(25-34)50-3)27-44-41(47)42(26-32-12-7-8-13-36(32)43)39(30-16-14-29(15-17-30)28-10-5-4-6-11-28)52-40(45-42)31-18-20-33(21-19-31)51-23-9-22-46/h4-8,10-21,24-25,39,46H,9,22-23,26-27H2,1-3H3,(H,44,47)/t39-,42-/m1/s1. The fourth-order valence-corrected chi connectivity index (χ4v) is 6.69. The SMILES string of the molecule is COc1cc(OC)c(CNC(=O)[C@]2(Cc3ccccc3Br)N=C(c3ccc(OCCCO)cc3)O[C@@H]2c2ccc(-c3ccccc3)cc2)c(OC)c1. The Morgan fingerprint density at radius 1 is 0.808 bits per heavy atom. The summed E-state index contributed by atoms with van der Waals surface area (Å²) in [5.41, 5.74) is 3.73. The summed E-state index contributed by atoms with van der Waals surface area (Å²) < 4.78 is 30.2. The number of rotatable bonds is 15.